The zero-order valence-electron chi connectivity index (χ0n) is 16.7. The second kappa shape index (κ2) is 8.75. The average molecular weight is 373 g/mol. The van der Waals surface area contributed by atoms with E-state index in [1.54, 1.807) is 21.0 Å². The molecule has 1 aliphatic rings. The lowest BCUT2D eigenvalue weighted by Crippen LogP contribution is -2.32. The molecular formula is C21H27NO5. The van der Waals surface area contributed by atoms with Crippen LogP contribution in [0.5, 0.6) is 5.75 Å². The fourth-order valence-corrected chi connectivity index (χ4v) is 3.12. The number of rotatable bonds is 6. The average Bonchev–Trinajstić information content (AvgIpc) is 2.64. The van der Waals surface area contributed by atoms with Gasteiger partial charge in [-0.25, -0.2) is 9.59 Å². The van der Waals surface area contributed by atoms with Crippen LogP contribution < -0.4 is 10.1 Å². The van der Waals surface area contributed by atoms with E-state index < -0.39 is 17.9 Å². The van der Waals surface area contributed by atoms with Gasteiger partial charge in [0.2, 0.25) is 0 Å². The lowest BCUT2D eigenvalue weighted by molar-refractivity contribution is -0.140. The number of ether oxygens (including phenoxy) is 3. The van der Waals surface area contributed by atoms with Gasteiger partial charge in [0.05, 0.1) is 37.9 Å². The van der Waals surface area contributed by atoms with Gasteiger partial charge in [0.15, 0.2) is 0 Å². The summed E-state index contributed by atoms with van der Waals surface area (Å²) < 4.78 is 15.8. The molecule has 0 bridgehead atoms. The van der Waals surface area contributed by atoms with Crippen LogP contribution >= 0.6 is 0 Å². The predicted molar refractivity (Wildman–Crippen MR) is 102 cm³/mol. The summed E-state index contributed by atoms with van der Waals surface area (Å²) in [7, 11) is 2.90. The van der Waals surface area contributed by atoms with Crippen molar-refractivity contribution in [2.45, 2.75) is 33.6 Å². The van der Waals surface area contributed by atoms with E-state index in [1.807, 2.05) is 38.1 Å². The first-order valence-corrected chi connectivity index (χ1v) is 8.88. The van der Waals surface area contributed by atoms with E-state index >= 15 is 0 Å². The van der Waals surface area contributed by atoms with Crippen molar-refractivity contribution in [3.8, 4) is 5.75 Å². The molecule has 2 rings (SSSR count). The summed E-state index contributed by atoms with van der Waals surface area (Å²) in [4.78, 5) is 25.4. The maximum absolute atomic E-state index is 12.9. The number of esters is 2. The van der Waals surface area contributed by atoms with Crippen LogP contribution in [0.2, 0.25) is 0 Å². The van der Waals surface area contributed by atoms with Gasteiger partial charge < -0.3 is 19.5 Å². The maximum Gasteiger partial charge on any atom is 0.336 e. The monoisotopic (exact) mass is 373 g/mol. The van der Waals surface area contributed by atoms with Gasteiger partial charge in [-0.3, -0.25) is 0 Å². The molecule has 1 N–H and O–H groups in total. The largest absolute Gasteiger partial charge is 0.497 e. The Morgan fingerprint density at radius 2 is 1.70 bits per heavy atom. The maximum atomic E-state index is 12.9. The number of carbonyl (C=O) groups excluding carboxylic acids is 2. The van der Waals surface area contributed by atoms with Gasteiger partial charge in [0.25, 0.3) is 0 Å². The standard InChI is InChI=1S/C21H27NO5/c1-12(2)11-27-21(24)18-14(4)22-13(3)17(20(23)26-6)19(18)15-8-7-9-16(10-15)25-5/h7-10,12,19,22H,11H2,1-6H3. The molecule has 0 aliphatic carbocycles. The van der Waals surface area contributed by atoms with E-state index in [4.69, 9.17) is 14.2 Å². The summed E-state index contributed by atoms with van der Waals surface area (Å²) in [6.45, 7) is 7.83. The number of methoxy groups -OCH3 is 2. The molecular weight excluding hydrogens is 346 g/mol. The fourth-order valence-electron chi connectivity index (χ4n) is 3.12. The zero-order chi connectivity index (χ0) is 20.1. The van der Waals surface area contributed by atoms with Crippen molar-refractivity contribution in [3.63, 3.8) is 0 Å². The quantitative estimate of drug-likeness (QED) is 0.771. The lowest BCUT2D eigenvalue weighted by Gasteiger charge is -2.30. The molecule has 0 saturated carbocycles. The predicted octanol–water partition coefficient (Wildman–Crippen LogP) is 3.30. The highest BCUT2D eigenvalue weighted by Gasteiger charge is 2.38. The number of dihydropyridines is 1. The molecule has 0 fully saturated rings. The highest BCUT2D eigenvalue weighted by atomic mass is 16.5. The van der Waals surface area contributed by atoms with Crippen LogP contribution in [0.25, 0.3) is 0 Å². The lowest BCUT2D eigenvalue weighted by atomic mass is 9.80. The first kappa shape index (κ1) is 20.6. The summed E-state index contributed by atoms with van der Waals surface area (Å²) in [6.07, 6.45) is 0. The number of benzene rings is 1. The third-order valence-corrected chi connectivity index (χ3v) is 4.36. The minimum atomic E-state index is -0.603. The summed E-state index contributed by atoms with van der Waals surface area (Å²) in [5.41, 5.74) is 2.84. The van der Waals surface area contributed by atoms with Gasteiger partial charge in [-0.15, -0.1) is 0 Å². The molecule has 0 amide bonds. The number of carbonyl (C=O) groups is 2. The molecule has 27 heavy (non-hydrogen) atoms. The Morgan fingerprint density at radius 3 is 2.26 bits per heavy atom. The molecule has 1 unspecified atom stereocenters. The van der Waals surface area contributed by atoms with Gasteiger partial charge in [-0.1, -0.05) is 26.0 Å². The molecule has 6 heteroatoms. The highest BCUT2D eigenvalue weighted by molar-refractivity contribution is 5.99. The van der Waals surface area contributed by atoms with Crippen molar-refractivity contribution in [1.82, 2.24) is 5.32 Å². The van der Waals surface area contributed by atoms with E-state index in [9.17, 15) is 9.59 Å². The molecule has 0 saturated heterocycles. The molecule has 1 aliphatic heterocycles. The topological polar surface area (TPSA) is 73.9 Å². The molecule has 0 aromatic heterocycles. The Labute approximate surface area is 160 Å². The molecule has 6 nitrogen and oxygen atoms in total. The third-order valence-electron chi connectivity index (χ3n) is 4.36. The summed E-state index contributed by atoms with van der Waals surface area (Å²) >= 11 is 0. The Balaban J connectivity index is 2.59. The van der Waals surface area contributed by atoms with Gasteiger partial charge >= 0.3 is 11.9 Å². The van der Waals surface area contributed by atoms with Gasteiger partial charge in [-0.05, 0) is 37.5 Å². The first-order chi connectivity index (χ1) is 12.8. The smallest absolute Gasteiger partial charge is 0.336 e. The molecule has 1 heterocycles. The van der Waals surface area contributed by atoms with E-state index in [-0.39, 0.29) is 5.92 Å². The van der Waals surface area contributed by atoms with Gasteiger partial charge in [0, 0.05) is 11.4 Å². The second-order valence-electron chi connectivity index (χ2n) is 6.90. The van der Waals surface area contributed by atoms with Crippen LogP contribution in [0, 0.1) is 5.92 Å². The zero-order valence-corrected chi connectivity index (χ0v) is 16.7. The van der Waals surface area contributed by atoms with Crippen molar-refractivity contribution in [3.05, 3.63) is 52.4 Å². The van der Waals surface area contributed by atoms with Crippen LogP contribution in [-0.2, 0) is 19.1 Å². The molecule has 0 radical (unpaired) electrons. The van der Waals surface area contributed by atoms with Crippen LogP contribution in [-0.4, -0.2) is 32.8 Å². The van der Waals surface area contributed by atoms with E-state index in [2.05, 4.69) is 5.32 Å². The highest BCUT2D eigenvalue weighted by Crippen LogP contribution is 2.40. The molecule has 146 valence electrons. The SMILES string of the molecule is COC(=O)C1=C(C)NC(C)=C(C(=O)OCC(C)C)C1c1cccc(OC)c1. The first-order valence-electron chi connectivity index (χ1n) is 8.88. The van der Waals surface area contributed by atoms with E-state index in [1.165, 1.54) is 7.11 Å². The second-order valence-corrected chi connectivity index (χ2v) is 6.90. The van der Waals surface area contributed by atoms with Crippen molar-refractivity contribution in [1.29, 1.82) is 0 Å². The van der Waals surface area contributed by atoms with Crippen molar-refractivity contribution in [2.24, 2.45) is 5.92 Å². The van der Waals surface area contributed by atoms with Gasteiger partial charge in [-0.2, -0.15) is 0 Å². The van der Waals surface area contributed by atoms with Gasteiger partial charge in [0.1, 0.15) is 5.75 Å². The Morgan fingerprint density at radius 1 is 1.07 bits per heavy atom. The Kier molecular flexibility index (Phi) is 6.66. The normalized spacial score (nSPS) is 16.9. The minimum absolute atomic E-state index is 0.207. The molecule has 1 atom stereocenters. The Bertz CT molecular complexity index is 792. The van der Waals surface area contributed by atoms with Crippen molar-refractivity contribution < 1.29 is 23.8 Å². The van der Waals surface area contributed by atoms with Crippen LogP contribution in [0.1, 0.15) is 39.2 Å². The van der Waals surface area contributed by atoms with Crippen LogP contribution in [0.4, 0.5) is 0 Å². The number of hydrogen-bond acceptors (Lipinski definition) is 6. The minimum Gasteiger partial charge on any atom is -0.497 e. The van der Waals surface area contributed by atoms with Crippen molar-refractivity contribution in [2.75, 3.05) is 20.8 Å². The molecule has 1 aromatic rings. The van der Waals surface area contributed by atoms with Crippen LogP contribution in [0.15, 0.2) is 46.8 Å². The van der Waals surface area contributed by atoms with Crippen LogP contribution in [0.3, 0.4) is 0 Å². The third kappa shape index (κ3) is 4.51. The fraction of sp³-hybridized carbons (Fsp3) is 0.429. The summed E-state index contributed by atoms with van der Waals surface area (Å²) in [6, 6.07) is 7.31. The molecule has 0 spiro atoms. The number of hydrogen-bond donors (Lipinski definition) is 1. The molecule has 1 aromatic carbocycles. The summed E-state index contributed by atoms with van der Waals surface area (Å²) in [5.74, 6) is -0.696. The van der Waals surface area contributed by atoms with E-state index in [0.717, 1.165) is 5.56 Å². The van der Waals surface area contributed by atoms with E-state index in [0.29, 0.717) is 34.9 Å². The van der Waals surface area contributed by atoms with Crippen molar-refractivity contribution >= 4 is 11.9 Å². The number of allylic oxidation sites excluding steroid dienone is 2. The number of nitrogens with one attached hydrogen (secondary N) is 1. The Hall–Kier alpha value is -2.76. The summed E-state index contributed by atoms with van der Waals surface area (Å²) in [5, 5.41) is 3.12.